The van der Waals surface area contributed by atoms with Crippen molar-refractivity contribution in [1.29, 1.82) is 0 Å². The van der Waals surface area contributed by atoms with Gasteiger partial charge in [0.15, 0.2) is 0 Å². The zero-order chi connectivity index (χ0) is 23.2. The first-order valence-corrected chi connectivity index (χ1v) is 12.4. The van der Waals surface area contributed by atoms with E-state index in [9.17, 15) is 14.4 Å². The third-order valence-corrected chi connectivity index (χ3v) is 6.28. The topological polar surface area (TPSA) is 78.5 Å². The third kappa shape index (κ3) is 9.01. The average Bonchev–Trinajstić information content (AvgIpc) is 3.00. The van der Waals surface area contributed by atoms with Gasteiger partial charge in [-0.2, -0.15) is 0 Å². The second kappa shape index (κ2) is 14.6. The maximum absolute atomic E-state index is 13.2. The minimum atomic E-state index is -0.634. The van der Waals surface area contributed by atoms with Gasteiger partial charge in [0.25, 0.3) is 0 Å². The Kier molecular flexibility index (Phi) is 11.8. The number of hydrogen-bond acceptors (Lipinski definition) is 3. The Morgan fingerprint density at radius 1 is 1.06 bits per heavy atom. The Hall–Kier alpha value is -2.37. The molecule has 1 aliphatic rings. The van der Waals surface area contributed by atoms with Crippen molar-refractivity contribution in [3.63, 3.8) is 0 Å². The highest BCUT2D eigenvalue weighted by atomic mass is 16.2. The molecule has 1 aromatic carbocycles. The number of carbonyl (C=O) groups excluding carboxylic acids is 3. The van der Waals surface area contributed by atoms with Crippen LogP contribution in [0.2, 0.25) is 0 Å². The van der Waals surface area contributed by atoms with E-state index >= 15 is 0 Å². The summed E-state index contributed by atoms with van der Waals surface area (Å²) < 4.78 is 0. The van der Waals surface area contributed by atoms with Crippen LogP contribution >= 0.6 is 0 Å². The van der Waals surface area contributed by atoms with E-state index < -0.39 is 12.1 Å². The number of unbranched alkanes of at least 4 members (excludes halogenated alkanes) is 6. The Balaban J connectivity index is 1.96. The smallest absolute Gasteiger partial charge is 0.243 e. The van der Waals surface area contributed by atoms with E-state index in [2.05, 4.69) is 17.6 Å². The van der Waals surface area contributed by atoms with Crippen LogP contribution in [0.3, 0.4) is 0 Å². The van der Waals surface area contributed by atoms with E-state index in [0.717, 1.165) is 37.7 Å². The predicted octanol–water partition coefficient (Wildman–Crippen LogP) is 3.98. The lowest BCUT2D eigenvalue weighted by molar-refractivity contribution is -0.140. The fourth-order valence-corrected chi connectivity index (χ4v) is 4.17. The number of nitrogens with one attached hydrogen (secondary N) is 2. The van der Waals surface area contributed by atoms with Crippen molar-refractivity contribution < 1.29 is 14.4 Å². The van der Waals surface area contributed by atoms with Crippen LogP contribution in [-0.2, 0) is 20.8 Å². The second-order valence-corrected chi connectivity index (χ2v) is 8.93. The van der Waals surface area contributed by atoms with Crippen molar-refractivity contribution in [3.05, 3.63) is 35.9 Å². The number of nitrogens with zero attached hydrogens (tertiary/aromatic N) is 1. The molecule has 0 bridgehead atoms. The van der Waals surface area contributed by atoms with Crippen LogP contribution in [0.5, 0.6) is 0 Å². The fraction of sp³-hybridized carbons (Fsp3) is 0.654. The molecule has 0 aliphatic carbocycles. The highest BCUT2D eigenvalue weighted by Crippen LogP contribution is 2.14. The van der Waals surface area contributed by atoms with Gasteiger partial charge in [0.2, 0.25) is 17.7 Å². The van der Waals surface area contributed by atoms with Crippen molar-refractivity contribution in [2.45, 2.75) is 96.1 Å². The zero-order valence-electron chi connectivity index (χ0n) is 19.9. The summed E-state index contributed by atoms with van der Waals surface area (Å²) in [4.78, 5) is 40.0. The van der Waals surface area contributed by atoms with Crippen molar-refractivity contribution in [2.75, 3.05) is 13.6 Å². The van der Waals surface area contributed by atoms with E-state index in [-0.39, 0.29) is 17.7 Å². The minimum absolute atomic E-state index is 0.0139. The summed E-state index contributed by atoms with van der Waals surface area (Å²) in [5, 5.41) is 5.77. The molecule has 0 unspecified atom stereocenters. The van der Waals surface area contributed by atoms with Gasteiger partial charge in [0, 0.05) is 26.4 Å². The summed E-state index contributed by atoms with van der Waals surface area (Å²) in [6.45, 7) is 2.86. The van der Waals surface area contributed by atoms with Crippen molar-refractivity contribution in [3.8, 4) is 0 Å². The lowest BCUT2D eigenvalue weighted by Gasteiger charge is -2.29. The molecule has 0 radical (unpaired) electrons. The first-order chi connectivity index (χ1) is 15.5. The number of likely N-dealkylation sites (N-methyl/N-ethyl adjacent to an activating group) is 1. The summed E-state index contributed by atoms with van der Waals surface area (Å²) in [7, 11) is 1.71. The summed E-state index contributed by atoms with van der Waals surface area (Å²) >= 11 is 0. The monoisotopic (exact) mass is 443 g/mol. The Morgan fingerprint density at radius 2 is 1.75 bits per heavy atom. The van der Waals surface area contributed by atoms with Crippen molar-refractivity contribution in [2.24, 2.45) is 0 Å². The SMILES string of the molecule is CCCCCCCCCC(=O)N(C)[C@@H](Cc1ccccc1)C(=O)N[C@H]1CCCCNC1=O. The van der Waals surface area contributed by atoms with Crippen LogP contribution in [-0.4, -0.2) is 48.3 Å². The quantitative estimate of drug-likeness (QED) is 0.453. The highest BCUT2D eigenvalue weighted by molar-refractivity contribution is 5.92. The molecule has 0 spiro atoms. The summed E-state index contributed by atoms with van der Waals surface area (Å²) in [6.07, 6.45) is 11.4. The number of amides is 3. The number of rotatable bonds is 13. The first kappa shape index (κ1) is 25.9. The van der Waals surface area contributed by atoms with Crippen molar-refractivity contribution in [1.82, 2.24) is 15.5 Å². The van der Waals surface area contributed by atoms with Crippen LogP contribution in [0.1, 0.15) is 83.1 Å². The van der Waals surface area contributed by atoms with Crippen molar-refractivity contribution >= 4 is 17.7 Å². The van der Waals surface area contributed by atoms with Gasteiger partial charge in [-0.3, -0.25) is 14.4 Å². The molecule has 2 rings (SSSR count). The molecule has 32 heavy (non-hydrogen) atoms. The number of carbonyl (C=O) groups is 3. The van der Waals surface area contributed by atoms with E-state index in [0.29, 0.717) is 25.8 Å². The predicted molar refractivity (Wildman–Crippen MR) is 128 cm³/mol. The molecule has 6 heteroatoms. The summed E-state index contributed by atoms with van der Waals surface area (Å²) in [6, 6.07) is 8.57. The molecule has 1 heterocycles. The van der Waals surface area contributed by atoms with Gasteiger partial charge in [-0.1, -0.05) is 75.8 Å². The molecular formula is C26H41N3O3. The molecule has 6 nitrogen and oxygen atoms in total. The molecule has 3 amide bonds. The molecule has 1 aromatic rings. The van der Waals surface area contributed by atoms with Gasteiger partial charge < -0.3 is 15.5 Å². The first-order valence-electron chi connectivity index (χ1n) is 12.4. The summed E-state index contributed by atoms with van der Waals surface area (Å²) in [5.74, 6) is -0.405. The number of hydrogen-bond donors (Lipinski definition) is 2. The maximum Gasteiger partial charge on any atom is 0.243 e. The molecule has 1 aliphatic heterocycles. The van der Waals surface area contributed by atoms with Crippen LogP contribution in [0, 0.1) is 0 Å². The van der Waals surface area contributed by atoms with Gasteiger partial charge in [-0.05, 0) is 31.2 Å². The Morgan fingerprint density at radius 3 is 2.47 bits per heavy atom. The van der Waals surface area contributed by atoms with Gasteiger partial charge in [-0.15, -0.1) is 0 Å². The summed E-state index contributed by atoms with van der Waals surface area (Å²) in [5.41, 5.74) is 0.994. The molecule has 0 saturated carbocycles. The molecular weight excluding hydrogens is 402 g/mol. The lowest BCUT2D eigenvalue weighted by atomic mass is 10.0. The van der Waals surface area contributed by atoms with E-state index in [1.54, 1.807) is 11.9 Å². The van der Waals surface area contributed by atoms with Crippen LogP contribution in [0.25, 0.3) is 0 Å². The average molecular weight is 444 g/mol. The molecule has 1 fully saturated rings. The standard InChI is InChI=1S/C26H41N3O3/c1-3-4-5-6-7-8-12-18-24(30)29(2)23(20-21-15-10-9-11-16-21)26(32)28-22-17-13-14-19-27-25(22)31/h9-11,15-16,22-23H,3-8,12-14,17-20H2,1-2H3,(H,27,31)(H,28,32)/t22-,23-/m0/s1. The molecule has 0 aromatic heterocycles. The molecule has 2 atom stereocenters. The molecule has 178 valence electrons. The normalized spacial score (nSPS) is 17.2. The van der Waals surface area contributed by atoms with E-state index in [1.165, 1.54) is 25.7 Å². The fourth-order valence-electron chi connectivity index (χ4n) is 4.17. The Labute approximate surface area is 193 Å². The van der Waals surface area contributed by atoms with Crippen LogP contribution < -0.4 is 10.6 Å². The lowest BCUT2D eigenvalue weighted by Crippen LogP contribution is -2.54. The van der Waals surface area contributed by atoms with Gasteiger partial charge in [-0.25, -0.2) is 0 Å². The van der Waals surface area contributed by atoms with Gasteiger partial charge in [0.05, 0.1) is 0 Å². The highest BCUT2D eigenvalue weighted by Gasteiger charge is 2.30. The Bertz CT molecular complexity index is 708. The zero-order valence-corrected chi connectivity index (χ0v) is 19.9. The molecule has 1 saturated heterocycles. The minimum Gasteiger partial charge on any atom is -0.354 e. The largest absolute Gasteiger partial charge is 0.354 e. The second-order valence-electron chi connectivity index (χ2n) is 8.93. The number of benzene rings is 1. The van der Waals surface area contributed by atoms with Gasteiger partial charge in [0.1, 0.15) is 12.1 Å². The third-order valence-electron chi connectivity index (χ3n) is 6.28. The van der Waals surface area contributed by atoms with E-state index in [4.69, 9.17) is 0 Å². The van der Waals surface area contributed by atoms with Gasteiger partial charge >= 0.3 is 0 Å². The van der Waals surface area contributed by atoms with E-state index in [1.807, 2.05) is 30.3 Å². The van der Waals surface area contributed by atoms with Crippen LogP contribution in [0.15, 0.2) is 30.3 Å². The molecule has 2 N–H and O–H groups in total. The maximum atomic E-state index is 13.2. The van der Waals surface area contributed by atoms with Crippen LogP contribution in [0.4, 0.5) is 0 Å².